The minimum absolute atomic E-state index is 0.0222. The van der Waals surface area contributed by atoms with Crippen molar-refractivity contribution in [2.45, 2.75) is 39.7 Å². The molecule has 0 saturated heterocycles. The number of amides is 2. The van der Waals surface area contributed by atoms with Gasteiger partial charge in [0.05, 0.1) is 14.2 Å². The van der Waals surface area contributed by atoms with E-state index >= 15 is 0 Å². The number of likely N-dealkylation sites (N-methyl/N-ethyl adjacent to an activating group) is 1. The monoisotopic (exact) mass is 350 g/mol. The number of benzene rings is 1. The van der Waals surface area contributed by atoms with Crippen molar-refractivity contribution in [1.29, 1.82) is 0 Å². The van der Waals surface area contributed by atoms with Crippen molar-refractivity contribution in [3.8, 4) is 5.75 Å². The van der Waals surface area contributed by atoms with Gasteiger partial charge in [0.25, 0.3) is 11.8 Å². The molecule has 0 saturated carbocycles. The van der Waals surface area contributed by atoms with Crippen molar-refractivity contribution in [3.63, 3.8) is 0 Å². The molecule has 0 bridgehead atoms. The Labute approximate surface area is 150 Å². The third-order valence-corrected chi connectivity index (χ3v) is 3.88. The average Bonchev–Trinajstić information content (AvgIpc) is 2.53. The summed E-state index contributed by atoms with van der Waals surface area (Å²) in [7, 11) is 3.44. The van der Waals surface area contributed by atoms with E-state index in [0.717, 1.165) is 23.5 Å². The SMILES string of the molecule is COc1ccc(NC(=O)C[NH+](C)CC(=O)N[C@H](C)CCC(C)C)cc1. The van der Waals surface area contributed by atoms with Crippen molar-refractivity contribution >= 4 is 17.5 Å². The van der Waals surface area contributed by atoms with Gasteiger partial charge < -0.3 is 20.3 Å². The zero-order valence-corrected chi connectivity index (χ0v) is 16.0. The zero-order chi connectivity index (χ0) is 18.8. The molecule has 3 N–H and O–H groups in total. The lowest BCUT2D eigenvalue weighted by Gasteiger charge is -2.17. The average molecular weight is 350 g/mol. The molecule has 0 aliphatic heterocycles. The maximum absolute atomic E-state index is 12.1. The fourth-order valence-electron chi connectivity index (χ4n) is 2.47. The minimum Gasteiger partial charge on any atom is -0.497 e. The van der Waals surface area contributed by atoms with Crippen LogP contribution in [0.25, 0.3) is 0 Å². The molecule has 6 heteroatoms. The van der Waals surface area contributed by atoms with Crippen molar-refractivity contribution in [1.82, 2.24) is 5.32 Å². The number of carbonyl (C=O) groups excluding carboxylic acids is 2. The van der Waals surface area contributed by atoms with Crippen LogP contribution in [0.5, 0.6) is 5.75 Å². The largest absolute Gasteiger partial charge is 0.497 e. The van der Waals surface area contributed by atoms with Gasteiger partial charge in [0.2, 0.25) is 0 Å². The van der Waals surface area contributed by atoms with Crippen LogP contribution < -0.4 is 20.3 Å². The molecular weight excluding hydrogens is 318 g/mol. The number of quaternary nitrogens is 1. The Balaban J connectivity index is 2.33. The quantitative estimate of drug-likeness (QED) is 0.591. The molecule has 25 heavy (non-hydrogen) atoms. The van der Waals surface area contributed by atoms with Crippen molar-refractivity contribution in [2.75, 3.05) is 32.6 Å². The van der Waals surface area contributed by atoms with E-state index in [1.807, 2.05) is 14.0 Å². The second-order valence-corrected chi connectivity index (χ2v) is 7.03. The molecule has 1 unspecified atom stereocenters. The molecule has 0 aromatic heterocycles. The summed E-state index contributed by atoms with van der Waals surface area (Å²) in [6.45, 7) is 6.88. The first kappa shape index (κ1) is 21.0. The van der Waals surface area contributed by atoms with Gasteiger partial charge in [0.1, 0.15) is 5.75 Å². The third-order valence-electron chi connectivity index (χ3n) is 3.88. The number of carbonyl (C=O) groups is 2. The number of hydrogen-bond acceptors (Lipinski definition) is 3. The molecule has 0 fully saturated rings. The first-order valence-electron chi connectivity index (χ1n) is 8.84. The molecule has 1 rings (SSSR count). The highest BCUT2D eigenvalue weighted by Crippen LogP contribution is 2.14. The van der Waals surface area contributed by atoms with Crippen molar-refractivity contribution < 1.29 is 19.2 Å². The summed E-state index contributed by atoms with van der Waals surface area (Å²) in [6.07, 6.45) is 2.06. The maximum atomic E-state index is 12.1. The second kappa shape index (κ2) is 10.7. The number of anilines is 1. The summed E-state index contributed by atoms with van der Waals surface area (Å²) in [5.41, 5.74) is 0.713. The first-order valence-corrected chi connectivity index (χ1v) is 8.84. The lowest BCUT2D eigenvalue weighted by molar-refractivity contribution is -0.862. The van der Waals surface area contributed by atoms with Gasteiger partial charge in [-0.25, -0.2) is 0 Å². The molecule has 2 atom stereocenters. The van der Waals surface area contributed by atoms with Crippen LogP contribution in [0.3, 0.4) is 0 Å². The second-order valence-electron chi connectivity index (χ2n) is 7.03. The van der Waals surface area contributed by atoms with Gasteiger partial charge in [-0.1, -0.05) is 13.8 Å². The highest BCUT2D eigenvalue weighted by atomic mass is 16.5. The van der Waals surface area contributed by atoms with Crippen LogP contribution in [0, 0.1) is 5.92 Å². The third kappa shape index (κ3) is 9.10. The van der Waals surface area contributed by atoms with Gasteiger partial charge in [-0.3, -0.25) is 9.59 Å². The van der Waals surface area contributed by atoms with Crippen LogP contribution in [0.4, 0.5) is 5.69 Å². The van der Waals surface area contributed by atoms with Gasteiger partial charge in [-0.15, -0.1) is 0 Å². The fourth-order valence-corrected chi connectivity index (χ4v) is 2.47. The Bertz CT molecular complexity index is 543. The predicted molar refractivity (Wildman–Crippen MR) is 99.9 cm³/mol. The van der Waals surface area contributed by atoms with Crippen LogP contribution in [0.1, 0.15) is 33.6 Å². The van der Waals surface area contributed by atoms with Crippen LogP contribution in [-0.4, -0.2) is 45.1 Å². The van der Waals surface area contributed by atoms with E-state index in [9.17, 15) is 9.59 Å². The standard InChI is InChI=1S/C19H31N3O3/c1-14(2)6-7-15(3)20-18(23)12-22(4)13-19(24)21-16-8-10-17(25-5)11-9-16/h8-11,14-15H,6-7,12-13H2,1-5H3,(H,20,23)(H,21,24)/p+1/t15-/m1/s1. The van der Waals surface area contributed by atoms with E-state index in [2.05, 4.69) is 24.5 Å². The smallest absolute Gasteiger partial charge is 0.279 e. The zero-order valence-electron chi connectivity index (χ0n) is 16.0. The van der Waals surface area contributed by atoms with Crippen molar-refractivity contribution in [2.24, 2.45) is 5.92 Å². The molecule has 0 spiro atoms. The molecule has 0 heterocycles. The Morgan fingerprint density at radius 1 is 1.04 bits per heavy atom. The number of nitrogens with one attached hydrogen (secondary N) is 3. The molecule has 1 aromatic rings. The lowest BCUT2D eigenvalue weighted by Crippen LogP contribution is -3.11. The summed E-state index contributed by atoms with van der Waals surface area (Å²) in [6, 6.07) is 7.32. The van der Waals surface area contributed by atoms with E-state index in [1.54, 1.807) is 31.4 Å². The van der Waals surface area contributed by atoms with Gasteiger partial charge in [-0.2, -0.15) is 0 Å². The first-order chi connectivity index (χ1) is 11.8. The highest BCUT2D eigenvalue weighted by molar-refractivity contribution is 5.91. The van der Waals surface area contributed by atoms with Crippen LogP contribution in [0.15, 0.2) is 24.3 Å². The summed E-state index contributed by atoms with van der Waals surface area (Å²) < 4.78 is 5.08. The number of hydrogen-bond donors (Lipinski definition) is 3. The van der Waals surface area contributed by atoms with E-state index in [0.29, 0.717) is 11.6 Å². The van der Waals surface area contributed by atoms with Gasteiger partial charge in [0.15, 0.2) is 13.1 Å². The van der Waals surface area contributed by atoms with Gasteiger partial charge >= 0.3 is 0 Å². The predicted octanol–water partition coefficient (Wildman–Crippen LogP) is 1.09. The normalized spacial score (nSPS) is 13.2. The van der Waals surface area contributed by atoms with Gasteiger partial charge in [-0.05, 0) is 49.9 Å². The fraction of sp³-hybridized carbons (Fsp3) is 0.579. The van der Waals surface area contributed by atoms with Crippen molar-refractivity contribution in [3.05, 3.63) is 24.3 Å². The molecule has 140 valence electrons. The van der Waals surface area contributed by atoms with E-state index in [1.165, 1.54) is 0 Å². The molecular formula is C19H32N3O3+. The molecule has 1 aromatic carbocycles. The minimum atomic E-state index is -0.122. The summed E-state index contributed by atoms with van der Waals surface area (Å²) in [5.74, 6) is 1.23. The highest BCUT2D eigenvalue weighted by Gasteiger charge is 2.16. The molecule has 6 nitrogen and oxygen atoms in total. The van der Waals surface area contributed by atoms with Crippen LogP contribution in [0.2, 0.25) is 0 Å². The topological polar surface area (TPSA) is 71.9 Å². The number of methoxy groups -OCH3 is 1. The number of ether oxygens (including phenoxy) is 1. The van der Waals surface area contributed by atoms with Crippen LogP contribution >= 0.6 is 0 Å². The van der Waals surface area contributed by atoms with E-state index in [-0.39, 0.29) is 30.9 Å². The van der Waals surface area contributed by atoms with E-state index < -0.39 is 0 Å². The Kier molecular flexibility index (Phi) is 8.99. The molecule has 0 radical (unpaired) electrons. The van der Waals surface area contributed by atoms with E-state index in [4.69, 9.17) is 4.74 Å². The lowest BCUT2D eigenvalue weighted by atomic mass is 10.0. The molecule has 0 aliphatic rings. The Morgan fingerprint density at radius 2 is 1.64 bits per heavy atom. The summed E-state index contributed by atoms with van der Waals surface area (Å²) >= 11 is 0. The summed E-state index contributed by atoms with van der Waals surface area (Å²) in [5, 5.41) is 5.82. The maximum Gasteiger partial charge on any atom is 0.279 e. The summed E-state index contributed by atoms with van der Waals surface area (Å²) in [4.78, 5) is 25.0. The molecule has 2 amide bonds. The van der Waals surface area contributed by atoms with Gasteiger partial charge in [0, 0.05) is 11.7 Å². The van der Waals surface area contributed by atoms with Crippen LogP contribution in [-0.2, 0) is 9.59 Å². The Hall–Kier alpha value is -2.08. The Morgan fingerprint density at radius 3 is 2.20 bits per heavy atom. The number of rotatable bonds is 10. The molecule has 0 aliphatic carbocycles.